The van der Waals surface area contributed by atoms with Crippen LogP contribution >= 0.6 is 11.3 Å². The van der Waals surface area contributed by atoms with Crippen LogP contribution in [0.3, 0.4) is 0 Å². The van der Waals surface area contributed by atoms with Crippen LogP contribution in [0.5, 0.6) is 0 Å². The Morgan fingerprint density at radius 2 is 1.88 bits per heavy atom. The zero-order chi connectivity index (χ0) is 17.6. The average molecular weight is 358 g/mol. The van der Waals surface area contributed by atoms with E-state index in [2.05, 4.69) is 15.5 Å². The average Bonchev–Trinajstić information content (AvgIpc) is 3.28. The van der Waals surface area contributed by atoms with E-state index < -0.39 is 0 Å². The minimum Gasteiger partial charge on any atom is -0.343 e. The third-order valence-electron chi connectivity index (χ3n) is 4.21. The summed E-state index contributed by atoms with van der Waals surface area (Å²) in [5, 5.41) is 12.0. The number of amides is 2. The van der Waals surface area contributed by atoms with Crippen molar-refractivity contribution in [2.45, 2.75) is 39.0 Å². The van der Waals surface area contributed by atoms with E-state index in [1.54, 1.807) is 0 Å². The van der Waals surface area contributed by atoms with Gasteiger partial charge in [0.1, 0.15) is 5.01 Å². The van der Waals surface area contributed by atoms with Crippen LogP contribution in [0.2, 0.25) is 0 Å². The first-order valence-electron chi connectivity index (χ1n) is 8.60. The number of likely N-dealkylation sites (tertiary alicyclic amines) is 1. The fraction of sp³-hybridized carbons (Fsp3) is 0.444. The molecule has 2 amide bonds. The zero-order valence-corrected chi connectivity index (χ0v) is 15.1. The van der Waals surface area contributed by atoms with Crippen molar-refractivity contribution in [1.82, 2.24) is 15.1 Å². The molecule has 0 saturated carbocycles. The van der Waals surface area contributed by atoms with E-state index in [4.69, 9.17) is 0 Å². The molecule has 0 aliphatic carbocycles. The molecule has 1 N–H and O–H groups in total. The molecule has 7 heteroatoms. The van der Waals surface area contributed by atoms with Gasteiger partial charge in [-0.3, -0.25) is 9.59 Å². The van der Waals surface area contributed by atoms with Crippen molar-refractivity contribution in [2.75, 3.05) is 18.4 Å². The molecule has 25 heavy (non-hydrogen) atoms. The number of nitrogens with one attached hydrogen (secondary N) is 1. The van der Waals surface area contributed by atoms with Gasteiger partial charge < -0.3 is 10.2 Å². The maximum Gasteiger partial charge on any atom is 0.286 e. The molecule has 1 aliphatic heterocycles. The van der Waals surface area contributed by atoms with Gasteiger partial charge in [-0.2, -0.15) is 0 Å². The van der Waals surface area contributed by atoms with Gasteiger partial charge in [0, 0.05) is 31.6 Å². The highest BCUT2D eigenvalue weighted by Crippen LogP contribution is 2.16. The second-order valence-electron chi connectivity index (χ2n) is 6.26. The van der Waals surface area contributed by atoms with E-state index in [0.29, 0.717) is 17.8 Å². The standard InChI is InChI=1S/C18H22N4O2S/c1-13-7-9-14(10-8-13)19-17(24)18-21-20-15(25-18)5-4-6-16(23)22-11-2-3-12-22/h7-10H,2-6,11-12H2,1H3,(H,19,24). The van der Waals surface area contributed by atoms with Crippen molar-refractivity contribution in [3.05, 3.63) is 39.8 Å². The first kappa shape index (κ1) is 17.5. The molecule has 0 bridgehead atoms. The van der Waals surface area contributed by atoms with E-state index in [1.165, 1.54) is 11.3 Å². The molecule has 1 aromatic carbocycles. The van der Waals surface area contributed by atoms with Gasteiger partial charge in [0.25, 0.3) is 5.91 Å². The van der Waals surface area contributed by atoms with Crippen LogP contribution < -0.4 is 5.32 Å². The van der Waals surface area contributed by atoms with Crippen molar-refractivity contribution < 1.29 is 9.59 Å². The lowest BCUT2D eigenvalue weighted by molar-refractivity contribution is -0.130. The lowest BCUT2D eigenvalue weighted by atomic mass is 10.2. The van der Waals surface area contributed by atoms with E-state index in [1.807, 2.05) is 36.1 Å². The van der Waals surface area contributed by atoms with Gasteiger partial charge in [0.2, 0.25) is 10.9 Å². The van der Waals surface area contributed by atoms with E-state index in [9.17, 15) is 9.59 Å². The fourth-order valence-corrected chi connectivity index (χ4v) is 3.56. The number of aromatic nitrogens is 2. The van der Waals surface area contributed by atoms with Gasteiger partial charge in [-0.15, -0.1) is 10.2 Å². The number of rotatable bonds is 6. The summed E-state index contributed by atoms with van der Waals surface area (Å²) in [6.07, 6.45) is 4.17. The molecule has 0 atom stereocenters. The molecule has 2 aromatic rings. The van der Waals surface area contributed by atoms with Crippen molar-refractivity contribution in [2.24, 2.45) is 0 Å². The molecular weight excluding hydrogens is 336 g/mol. The van der Waals surface area contributed by atoms with Crippen LogP contribution in [0.4, 0.5) is 5.69 Å². The van der Waals surface area contributed by atoms with Crippen LogP contribution in [-0.4, -0.2) is 40.0 Å². The minimum atomic E-state index is -0.249. The van der Waals surface area contributed by atoms with E-state index >= 15 is 0 Å². The molecule has 6 nitrogen and oxygen atoms in total. The van der Waals surface area contributed by atoms with Gasteiger partial charge in [-0.1, -0.05) is 29.0 Å². The maximum absolute atomic E-state index is 12.2. The predicted molar refractivity (Wildman–Crippen MR) is 97.8 cm³/mol. The highest BCUT2D eigenvalue weighted by molar-refractivity contribution is 7.13. The normalized spacial score (nSPS) is 13.9. The van der Waals surface area contributed by atoms with Gasteiger partial charge in [0.05, 0.1) is 0 Å². The first-order valence-corrected chi connectivity index (χ1v) is 9.41. The quantitative estimate of drug-likeness (QED) is 0.861. The van der Waals surface area contributed by atoms with E-state index in [-0.39, 0.29) is 11.8 Å². The topological polar surface area (TPSA) is 75.2 Å². The zero-order valence-electron chi connectivity index (χ0n) is 14.3. The number of carbonyl (C=O) groups excluding carboxylic acids is 2. The Bertz CT molecular complexity index is 736. The number of benzene rings is 1. The highest BCUT2D eigenvalue weighted by Gasteiger charge is 2.18. The number of hydrogen-bond donors (Lipinski definition) is 1. The monoisotopic (exact) mass is 358 g/mol. The predicted octanol–water partition coefficient (Wildman–Crippen LogP) is 3.04. The number of anilines is 1. The highest BCUT2D eigenvalue weighted by atomic mass is 32.1. The van der Waals surface area contributed by atoms with Crippen LogP contribution in [0, 0.1) is 6.92 Å². The molecule has 2 heterocycles. The Kier molecular flexibility index (Phi) is 5.75. The minimum absolute atomic E-state index is 0.222. The van der Waals surface area contributed by atoms with Crippen LogP contribution in [-0.2, 0) is 11.2 Å². The summed E-state index contributed by atoms with van der Waals surface area (Å²) in [5.74, 6) is -0.0277. The molecule has 0 unspecified atom stereocenters. The Hall–Kier alpha value is -2.28. The number of aryl methyl sites for hydroxylation is 2. The number of nitrogens with zero attached hydrogens (tertiary/aromatic N) is 3. The second kappa shape index (κ2) is 8.20. The molecule has 1 fully saturated rings. The van der Waals surface area contributed by atoms with Gasteiger partial charge in [0.15, 0.2) is 0 Å². The number of carbonyl (C=O) groups is 2. The largest absolute Gasteiger partial charge is 0.343 e. The fourth-order valence-electron chi connectivity index (χ4n) is 2.78. The molecule has 1 saturated heterocycles. The number of hydrogen-bond acceptors (Lipinski definition) is 5. The summed E-state index contributed by atoms with van der Waals surface area (Å²) < 4.78 is 0. The van der Waals surface area contributed by atoms with Crippen LogP contribution in [0.25, 0.3) is 0 Å². The van der Waals surface area contributed by atoms with Crippen LogP contribution in [0.15, 0.2) is 24.3 Å². The van der Waals surface area contributed by atoms with Crippen molar-refractivity contribution in [3.63, 3.8) is 0 Å². The molecule has 1 aliphatic rings. The van der Waals surface area contributed by atoms with Crippen molar-refractivity contribution in [1.29, 1.82) is 0 Å². The molecule has 0 radical (unpaired) electrons. The molecule has 1 aromatic heterocycles. The summed E-state index contributed by atoms with van der Waals surface area (Å²) in [6.45, 7) is 3.78. The molecule has 132 valence electrons. The molecular formula is C18H22N4O2S. The van der Waals surface area contributed by atoms with Crippen molar-refractivity contribution in [3.8, 4) is 0 Å². The third kappa shape index (κ3) is 4.85. The Labute approximate surface area is 151 Å². The summed E-state index contributed by atoms with van der Waals surface area (Å²) in [5.41, 5.74) is 1.88. The summed E-state index contributed by atoms with van der Waals surface area (Å²) in [4.78, 5) is 26.1. The second-order valence-corrected chi connectivity index (χ2v) is 7.32. The van der Waals surface area contributed by atoms with Gasteiger partial charge in [-0.25, -0.2) is 0 Å². The van der Waals surface area contributed by atoms with Crippen LogP contribution in [0.1, 0.15) is 46.1 Å². The summed E-state index contributed by atoms with van der Waals surface area (Å²) >= 11 is 1.29. The van der Waals surface area contributed by atoms with E-state index in [0.717, 1.165) is 48.6 Å². The van der Waals surface area contributed by atoms with Gasteiger partial charge >= 0.3 is 0 Å². The SMILES string of the molecule is Cc1ccc(NC(=O)c2nnc(CCCC(=O)N3CCCC3)s2)cc1. The Morgan fingerprint density at radius 1 is 1.16 bits per heavy atom. The molecule has 3 rings (SSSR count). The Balaban J connectivity index is 1.47. The smallest absolute Gasteiger partial charge is 0.286 e. The first-order chi connectivity index (χ1) is 12.1. The molecule has 0 spiro atoms. The Morgan fingerprint density at radius 3 is 2.60 bits per heavy atom. The third-order valence-corrected chi connectivity index (χ3v) is 5.19. The van der Waals surface area contributed by atoms with Crippen molar-refractivity contribution >= 4 is 28.8 Å². The lowest BCUT2D eigenvalue weighted by Gasteiger charge is -2.14. The van der Waals surface area contributed by atoms with Gasteiger partial charge in [-0.05, 0) is 38.3 Å². The summed E-state index contributed by atoms with van der Waals surface area (Å²) in [7, 11) is 0. The lowest BCUT2D eigenvalue weighted by Crippen LogP contribution is -2.27. The summed E-state index contributed by atoms with van der Waals surface area (Å²) in [6, 6.07) is 7.61. The maximum atomic E-state index is 12.2.